The van der Waals surface area contributed by atoms with E-state index >= 15 is 4.39 Å². The summed E-state index contributed by atoms with van der Waals surface area (Å²) < 4.78 is 16.6. The van der Waals surface area contributed by atoms with E-state index in [1.807, 2.05) is 18.0 Å². The van der Waals surface area contributed by atoms with Gasteiger partial charge in [0, 0.05) is 24.7 Å². The van der Waals surface area contributed by atoms with Crippen molar-refractivity contribution in [3.63, 3.8) is 0 Å². The van der Waals surface area contributed by atoms with Gasteiger partial charge in [0.2, 0.25) is 0 Å². The molecule has 0 unspecified atom stereocenters. The van der Waals surface area contributed by atoms with Gasteiger partial charge in [0.05, 0.1) is 29.7 Å². The van der Waals surface area contributed by atoms with E-state index in [2.05, 4.69) is 37.7 Å². The average molecular weight is 449 g/mol. The minimum atomic E-state index is -1.00. The normalized spacial score (nSPS) is 26.5. The minimum absolute atomic E-state index is 0.0626. The Labute approximate surface area is 190 Å². The number of fused-ring (bicyclic) bond motifs is 2. The third kappa shape index (κ3) is 3.87. The maximum atomic E-state index is 15.2. The average Bonchev–Trinajstić information content (AvgIpc) is 3.31. The van der Waals surface area contributed by atoms with Crippen LogP contribution in [-0.2, 0) is 0 Å². The summed E-state index contributed by atoms with van der Waals surface area (Å²) in [6.07, 6.45) is 5.61. The molecule has 4 heterocycles. The molecule has 0 radical (unpaired) electrons. The Balaban J connectivity index is 1.36. The number of hydrogen-bond donors (Lipinski definition) is 2. The van der Waals surface area contributed by atoms with E-state index in [1.54, 1.807) is 18.3 Å². The predicted octanol–water partition coefficient (Wildman–Crippen LogP) is 2.14. The van der Waals surface area contributed by atoms with Crippen LogP contribution in [0.1, 0.15) is 38.3 Å². The third-order valence-corrected chi connectivity index (χ3v) is 6.69. The largest absolute Gasteiger partial charge is 0.507 e. The lowest BCUT2D eigenvalue weighted by Crippen LogP contribution is -2.66. The first-order valence-corrected chi connectivity index (χ1v) is 10.9. The van der Waals surface area contributed by atoms with Gasteiger partial charge in [0.15, 0.2) is 17.3 Å². The Morgan fingerprint density at radius 1 is 1.33 bits per heavy atom. The van der Waals surface area contributed by atoms with Crippen LogP contribution in [0.3, 0.4) is 0 Å². The van der Waals surface area contributed by atoms with E-state index in [0.29, 0.717) is 23.5 Å². The number of nitrogens with one attached hydrogen (secondary N) is 1. The number of hydrogen-bond acceptors (Lipinski definition) is 9. The maximum absolute atomic E-state index is 15.2. The van der Waals surface area contributed by atoms with Gasteiger partial charge in [-0.1, -0.05) is 5.21 Å². The third-order valence-electron chi connectivity index (χ3n) is 6.69. The van der Waals surface area contributed by atoms with Crippen LogP contribution in [0.2, 0.25) is 0 Å². The smallest absolute Gasteiger partial charge is 0.185 e. The lowest BCUT2D eigenvalue weighted by molar-refractivity contribution is 0.0607. The summed E-state index contributed by atoms with van der Waals surface area (Å²) in [6.45, 7) is 2.16. The number of nitriles is 1. The molecular formula is C22H24FN9O. The van der Waals surface area contributed by atoms with Gasteiger partial charge in [-0.25, -0.2) is 14.1 Å². The molecule has 2 aromatic heterocycles. The zero-order chi connectivity index (χ0) is 23.2. The summed E-state index contributed by atoms with van der Waals surface area (Å²) in [6, 6.07) is 6.29. The number of nitrogens with zero attached hydrogens (tertiary/aromatic N) is 8. The van der Waals surface area contributed by atoms with Crippen LogP contribution >= 0.6 is 0 Å². The van der Waals surface area contributed by atoms with E-state index in [1.165, 1.54) is 16.9 Å². The van der Waals surface area contributed by atoms with Crippen molar-refractivity contribution >= 4 is 5.82 Å². The number of piperidine rings is 2. The molecular weight excluding hydrogens is 425 g/mol. The molecule has 2 fully saturated rings. The Kier molecular flexibility index (Phi) is 5.17. The summed E-state index contributed by atoms with van der Waals surface area (Å²) in [5.41, 5.74) is 1.03. The molecule has 2 aliphatic heterocycles. The highest BCUT2D eigenvalue weighted by Gasteiger charge is 2.47. The van der Waals surface area contributed by atoms with Gasteiger partial charge < -0.3 is 15.3 Å². The SMILES string of the molecule is CN(c1cnc(-c2ccc(-n3cc(C#N)nn3)cc2O)nn1)[C@H]1C[C@]2(C)CCC[C@@H](N2)[C@H]1F. The zero-order valence-corrected chi connectivity index (χ0v) is 18.4. The van der Waals surface area contributed by atoms with Crippen molar-refractivity contribution in [3.05, 3.63) is 36.3 Å². The van der Waals surface area contributed by atoms with Crippen molar-refractivity contribution in [1.82, 2.24) is 35.5 Å². The number of alkyl halides is 1. The standard InChI is InChI=1S/C22H24FN9O/c1-22-7-3-4-16(26-22)20(23)17(9-22)31(2)19-11-25-21(29-28-19)15-6-5-14(8-18(15)33)32-12-13(10-24)27-30-32/h5-6,8,11-12,16-17,20,26,33H,3-4,7,9H2,1-2H3/t16-,17+,20-,22+/m1/s1. The van der Waals surface area contributed by atoms with Crippen LogP contribution in [-0.4, -0.2) is 66.1 Å². The van der Waals surface area contributed by atoms with E-state index in [4.69, 9.17) is 5.26 Å². The van der Waals surface area contributed by atoms with E-state index in [-0.39, 0.29) is 34.9 Å². The van der Waals surface area contributed by atoms with Crippen molar-refractivity contribution in [2.75, 3.05) is 11.9 Å². The molecule has 5 rings (SSSR count). The number of anilines is 1. The first-order chi connectivity index (χ1) is 15.9. The predicted molar refractivity (Wildman–Crippen MR) is 117 cm³/mol. The first-order valence-electron chi connectivity index (χ1n) is 10.9. The molecule has 2 saturated heterocycles. The fourth-order valence-electron chi connectivity index (χ4n) is 4.91. The van der Waals surface area contributed by atoms with Gasteiger partial charge in [-0.05, 0) is 44.7 Å². The Bertz CT molecular complexity index is 1210. The number of aromatic hydroxyl groups is 1. The number of aromatic nitrogens is 6. The molecule has 0 aliphatic carbocycles. The van der Waals surface area contributed by atoms with Crippen molar-refractivity contribution in [2.45, 2.75) is 56.4 Å². The molecule has 33 heavy (non-hydrogen) atoms. The van der Waals surface area contributed by atoms with Crippen LogP contribution in [0, 0.1) is 11.3 Å². The summed E-state index contributed by atoms with van der Waals surface area (Å²) in [5, 5.41) is 38.9. The van der Waals surface area contributed by atoms with E-state index < -0.39 is 6.17 Å². The van der Waals surface area contributed by atoms with Gasteiger partial charge in [-0.3, -0.25) is 0 Å². The van der Waals surface area contributed by atoms with Gasteiger partial charge in [-0.2, -0.15) is 5.26 Å². The number of halogens is 1. The van der Waals surface area contributed by atoms with Crippen LogP contribution in [0.15, 0.2) is 30.6 Å². The van der Waals surface area contributed by atoms with Gasteiger partial charge in [-0.15, -0.1) is 15.3 Å². The Hall–Kier alpha value is -3.65. The highest BCUT2D eigenvalue weighted by Crippen LogP contribution is 2.38. The van der Waals surface area contributed by atoms with Crippen LogP contribution in [0.25, 0.3) is 17.1 Å². The highest BCUT2D eigenvalue weighted by molar-refractivity contribution is 5.66. The monoisotopic (exact) mass is 449 g/mol. The van der Waals surface area contributed by atoms with Crippen molar-refractivity contribution < 1.29 is 9.50 Å². The molecule has 3 aromatic rings. The summed E-state index contributed by atoms with van der Waals surface area (Å²) >= 11 is 0. The molecule has 11 heteroatoms. The number of phenolic OH excluding ortho intramolecular Hbond substituents is 1. The van der Waals surface area contributed by atoms with Crippen molar-refractivity contribution in [1.29, 1.82) is 5.26 Å². The molecule has 0 saturated carbocycles. The molecule has 2 aliphatic rings. The van der Waals surface area contributed by atoms with Gasteiger partial charge in [0.1, 0.15) is 18.0 Å². The first kappa shape index (κ1) is 21.2. The fourth-order valence-corrected chi connectivity index (χ4v) is 4.91. The lowest BCUT2D eigenvalue weighted by atomic mass is 9.74. The molecule has 2 bridgehead atoms. The maximum Gasteiger partial charge on any atom is 0.185 e. The molecule has 4 atom stereocenters. The van der Waals surface area contributed by atoms with E-state index in [9.17, 15) is 5.11 Å². The van der Waals surface area contributed by atoms with Gasteiger partial charge >= 0.3 is 0 Å². The molecule has 10 nitrogen and oxygen atoms in total. The minimum Gasteiger partial charge on any atom is -0.507 e. The van der Waals surface area contributed by atoms with Gasteiger partial charge in [0.25, 0.3) is 0 Å². The summed E-state index contributed by atoms with van der Waals surface area (Å²) in [5.74, 6) is 0.670. The highest BCUT2D eigenvalue weighted by atomic mass is 19.1. The second-order valence-electron chi connectivity index (χ2n) is 9.03. The number of rotatable bonds is 4. The van der Waals surface area contributed by atoms with Crippen molar-refractivity contribution in [3.8, 4) is 28.9 Å². The van der Waals surface area contributed by atoms with Crippen LogP contribution < -0.4 is 10.2 Å². The Morgan fingerprint density at radius 3 is 2.88 bits per heavy atom. The lowest BCUT2D eigenvalue weighted by Gasteiger charge is -2.51. The Morgan fingerprint density at radius 2 is 2.18 bits per heavy atom. The zero-order valence-electron chi connectivity index (χ0n) is 18.4. The quantitative estimate of drug-likeness (QED) is 0.615. The van der Waals surface area contributed by atoms with Crippen LogP contribution in [0.4, 0.5) is 10.2 Å². The summed E-state index contributed by atoms with van der Waals surface area (Å²) in [7, 11) is 1.83. The molecule has 0 spiro atoms. The summed E-state index contributed by atoms with van der Waals surface area (Å²) in [4.78, 5) is 6.19. The van der Waals surface area contributed by atoms with Crippen molar-refractivity contribution in [2.24, 2.45) is 0 Å². The molecule has 170 valence electrons. The fraction of sp³-hybridized carbons (Fsp3) is 0.455. The number of benzene rings is 1. The van der Waals surface area contributed by atoms with E-state index in [0.717, 1.165) is 19.3 Å². The second-order valence-corrected chi connectivity index (χ2v) is 9.03. The molecule has 1 aromatic carbocycles. The number of phenols is 1. The second kappa shape index (κ2) is 8.04. The molecule has 2 N–H and O–H groups in total. The molecule has 0 amide bonds. The van der Waals surface area contributed by atoms with Crippen LogP contribution in [0.5, 0.6) is 5.75 Å². The topological polar surface area (TPSA) is 129 Å².